The van der Waals surface area contributed by atoms with E-state index in [1.54, 1.807) is 14.2 Å². The van der Waals surface area contributed by atoms with Gasteiger partial charge in [-0.15, -0.1) is 0 Å². The molecule has 26 heavy (non-hydrogen) atoms. The summed E-state index contributed by atoms with van der Waals surface area (Å²) in [5.41, 5.74) is 0. The summed E-state index contributed by atoms with van der Waals surface area (Å²) in [5.74, 6) is 0.873. The van der Waals surface area contributed by atoms with E-state index in [2.05, 4.69) is 25.7 Å². The number of carbonyl (C=O) groups is 1. The molecular formula is C19H41NO4SSi. The molecule has 0 amide bonds. The molecule has 0 aromatic carbocycles. The van der Waals surface area contributed by atoms with Crippen LogP contribution in [-0.4, -0.2) is 65.3 Å². The number of likely N-dealkylation sites (N-methyl/N-ethyl adjacent to an activating group) is 1. The Morgan fingerprint density at radius 3 is 2.23 bits per heavy atom. The average molecular weight is 408 g/mol. The molecular weight excluding hydrogens is 366 g/mol. The molecule has 1 atom stereocenters. The topological polar surface area (TPSA) is 48.0 Å². The van der Waals surface area contributed by atoms with Crippen molar-refractivity contribution in [1.82, 2.24) is 4.90 Å². The molecule has 7 heteroatoms. The number of carbonyl (C=O) groups excluding carboxylic acids is 1. The van der Waals surface area contributed by atoms with Crippen molar-refractivity contribution >= 4 is 26.4 Å². The van der Waals surface area contributed by atoms with Gasteiger partial charge in [-0.3, -0.25) is 4.79 Å². The van der Waals surface area contributed by atoms with Crippen LogP contribution in [0.2, 0.25) is 0 Å². The van der Waals surface area contributed by atoms with Gasteiger partial charge in [0.15, 0.2) is 5.12 Å². The second kappa shape index (κ2) is 18.4. The first-order valence-corrected chi connectivity index (χ1v) is 12.6. The van der Waals surface area contributed by atoms with Gasteiger partial charge in [0.1, 0.15) is 0 Å². The fraction of sp³-hybridized carbons (Fsp3) is 0.947. The Kier molecular flexibility index (Phi) is 18.5. The maximum Gasteiger partial charge on any atom is 0.483 e. The standard InChI is InChI=1S/C19H41NO4SSi/c1-6-9-10-11-12-15-19(21)25-16-13-14-18(17-20(7-2)8-3)24-26(22-4)23-5/h18,26H,6-17H2,1-5H3. The number of hydrogen-bond donors (Lipinski definition) is 0. The van der Waals surface area contributed by atoms with E-state index in [1.165, 1.54) is 37.4 Å². The molecule has 0 aliphatic rings. The van der Waals surface area contributed by atoms with E-state index in [0.29, 0.717) is 5.12 Å². The number of unbranched alkanes of at least 4 members (excludes halogenated alkanes) is 4. The second-order valence-corrected chi connectivity index (χ2v) is 9.48. The summed E-state index contributed by atoms with van der Waals surface area (Å²) < 4.78 is 16.7. The highest BCUT2D eigenvalue weighted by molar-refractivity contribution is 8.13. The molecule has 0 aliphatic carbocycles. The summed E-state index contributed by atoms with van der Waals surface area (Å²) in [6, 6.07) is 0. The lowest BCUT2D eigenvalue weighted by Crippen LogP contribution is -2.39. The van der Waals surface area contributed by atoms with Crippen LogP contribution in [0.4, 0.5) is 0 Å². The average Bonchev–Trinajstić information content (AvgIpc) is 2.66. The molecule has 0 saturated heterocycles. The van der Waals surface area contributed by atoms with Crippen LogP contribution in [0.3, 0.4) is 0 Å². The molecule has 0 aromatic rings. The van der Waals surface area contributed by atoms with Crippen molar-refractivity contribution < 1.29 is 18.1 Å². The van der Waals surface area contributed by atoms with E-state index in [-0.39, 0.29) is 6.10 Å². The van der Waals surface area contributed by atoms with E-state index in [4.69, 9.17) is 13.3 Å². The zero-order valence-electron chi connectivity index (χ0n) is 17.6. The van der Waals surface area contributed by atoms with Gasteiger partial charge in [0.2, 0.25) is 0 Å². The molecule has 0 fully saturated rings. The van der Waals surface area contributed by atoms with Gasteiger partial charge in [0, 0.05) is 32.9 Å². The maximum absolute atomic E-state index is 12.0. The van der Waals surface area contributed by atoms with E-state index in [1.807, 2.05) is 0 Å². The molecule has 156 valence electrons. The van der Waals surface area contributed by atoms with Crippen molar-refractivity contribution in [2.24, 2.45) is 0 Å². The quantitative estimate of drug-likeness (QED) is 0.252. The van der Waals surface area contributed by atoms with Crippen LogP contribution in [0.25, 0.3) is 0 Å². The van der Waals surface area contributed by atoms with Gasteiger partial charge >= 0.3 is 9.53 Å². The van der Waals surface area contributed by atoms with E-state index < -0.39 is 9.53 Å². The molecule has 0 aromatic heterocycles. The summed E-state index contributed by atoms with van der Waals surface area (Å²) in [5, 5.41) is 0.337. The highest BCUT2D eigenvalue weighted by Crippen LogP contribution is 2.15. The lowest BCUT2D eigenvalue weighted by molar-refractivity contribution is -0.111. The van der Waals surface area contributed by atoms with Crippen LogP contribution in [0.5, 0.6) is 0 Å². The molecule has 0 saturated carbocycles. The zero-order valence-corrected chi connectivity index (χ0v) is 19.6. The third kappa shape index (κ3) is 14.2. The van der Waals surface area contributed by atoms with Crippen LogP contribution < -0.4 is 0 Å². The van der Waals surface area contributed by atoms with Crippen LogP contribution in [0, 0.1) is 0 Å². The van der Waals surface area contributed by atoms with Gasteiger partial charge in [-0.2, -0.15) is 0 Å². The molecule has 0 aliphatic heterocycles. The van der Waals surface area contributed by atoms with E-state index in [9.17, 15) is 4.79 Å². The van der Waals surface area contributed by atoms with E-state index >= 15 is 0 Å². The normalized spacial score (nSPS) is 12.9. The molecule has 0 bridgehead atoms. The predicted octanol–water partition coefficient (Wildman–Crippen LogP) is 4.12. The minimum Gasteiger partial charge on any atom is -0.379 e. The SMILES string of the molecule is CCCCCCCC(=O)SCCCC(CN(CC)CC)O[SiH](OC)OC. The van der Waals surface area contributed by atoms with Crippen molar-refractivity contribution in [3.8, 4) is 0 Å². The minimum absolute atomic E-state index is 0.108. The Morgan fingerprint density at radius 2 is 1.65 bits per heavy atom. The highest BCUT2D eigenvalue weighted by Gasteiger charge is 2.20. The van der Waals surface area contributed by atoms with Gasteiger partial charge in [-0.25, -0.2) is 0 Å². The predicted molar refractivity (Wildman–Crippen MR) is 114 cm³/mol. The van der Waals surface area contributed by atoms with Crippen molar-refractivity contribution in [2.75, 3.05) is 39.6 Å². The van der Waals surface area contributed by atoms with E-state index in [0.717, 1.165) is 51.1 Å². The van der Waals surface area contributed by atoms with Crippen molar-refractivity contribution in [2.45, 2.75) is 78.2 Å². The number of nitrogens with zero attached hydrogens (tertiary/aromatic N) is 1. The van der Waals surface area contributed by atoms with Gasteiger partial charge in [0.25, 0.3) is 0 Å². The lowest BCUT2D eigenvalue weighted by atomic mass is 10.1. The highest BCUT2D eigenvalue weighted by atomic mass is 32.2. The maximum atomic E-state index is 12.0. The smallest absolute Gasteiger partial charge is 0.379 e. The fourth-order valence-corrected chi connectivity index (χ4v) is 4.56. The second-order valence-electron chi connectivity index (χ2n) is 6.53. The number of thioether (sulfide) groups is 1. The van der Waals surface area contributed by atoms with Crippen molar-refractivity contribution in [3.05, 3.63) is 0 Å². The summed E-state index contributed by atoms with van der Waals surface area (Å²) in [7, 11) is 1.26. The monoisotopic (exact) mass is 407 g/mol. The molecule has 0 heterocycles. The number of rotatable bonds is 18. The third-order valence-electron chi connectivity index (χ3n) is 4.46. The van der Waals surface area contributed by atoms with Crippen LogP contribution in [-0.2, 0) is 18.1 Å². The summed E-state index contributed by atoms with van der Waals surface area (Å²) in [6.45, 7) is 9.44. The minimum atomic E-state index is -2.03. The number of hydrogen-bond acceptors (Lipinski definition) is 6. The van der Waals surface area contributed by atoms with Gasteiger partial charge in [-0.1, -0.05) is 58.2 Å². The Balaban J connectivity index is 4.08. The first-order valence-electron chi connectivity index (χ1n) is 10.2. The van der Waals surface area contributed by atoms with Gasteiger partial charge < -0.3 is 18.2 Å². The lowest BCUT2D eigenvalue weighted by Gasteiger charge is -2.27. The van der Waals surface area contributed by atoms with Crippen LogP contribution >= 0.6 is 11.8 Å². The van der Waals surface area contributed by atoms with Crippen LogP contribution in [0.1, 0.15) is 72.1 Å². The summed E-state index contributed by atoms with van der Waals surface area (Å²) >= 11 is 1.48. The largest absolute Gasteiger partial charge is 0.483 e. The molecule has 0 N–H and O–H groups in total. The first-order chi connectivity index (χ1) is 12.6. The zero-order chi connectivity index (χ0) is 19.6. The molecule has 0 radical (unpaired) electrons. The van der Waals surface area contributed by atoms with Gasteiger partial charge in [-0.05, 0) is 32.4 Å². The fourth-order valence-electron chi connectivity index (χ4n) is 2.78. The first kappa shape index (κ1) is 26.1. The summed E-state index contributed by atoms with van der Waals surface area (Å²) in [4.78, 5) is 14.3. The molecule has 5 nitrogen and oxygen atoms in total. The van der Waals surface area contributed by atoms with Crippen molar-refractivity contribution in [3.63, 3.8) is 0 Å². The van der Waals surface area contributed by atoms with Crippen LogP contribution in [0.15, 0.2) is 0 Å². The Hall–Kier alpha value is 0.0769. The molecule has 0 spiro atoms. The van der Waals surface area contributed by atoms with Gasteiger partial charge in [0.05, 0.1) is 6.10 Å². The Morgan fingerprint density at radius 1 is 1.00 bits per heavy atom. The molecule has 1 unspecified atom stereocenters. The summed E-state index contributed by atoms with van der Waals surface area (Å²) in [6.07, 6.45) is 8.73. The third-order valence-corrected chi connectivity index (χ3v) is 6.86. The Labute approximate surface area is 167 Å². The molecule has 0 rings (SSSR count). The van der Waals surface area contributed by atoms with Crippen molar-refractivity contribution in [1.29, 1.82) is 0 Å². The Bertz CT molecular complexity index is 315.